The maximum Gasteiger partial charge on any atom is 0.312 e. The van der Waals surface area contributed by atoms with E-state index in [0.717, 1.165) is 23.2 Å². The molecule has 0 spiro atoms. The van der Waals surface area contributed by atoms with E-state index in [-0.39, 0.29) is 28.8 Å². The highest BCUT2D eigenvalue weighted by molar-refractivity contribution is 5.93. The van der Waals surface area contributed by atoms with Gasteiger partial charge in [-0.25, -0.2) is 27.9 Å². The summed E-state index contributed by atoms with van der Waals surface area (Å²) in [5.74, 6) is -2.28. The van der Waals surface area contributed by atoms with E-state index in [2.05, 4.69) is 20.3 Å². The monoisotopic (exact) mass is 470 g/mol. The van der Waals surface area contributed by atoms with Crippen LogP contribution in [0.15, 0.2) is 36.5 Å². The van der Waals surface area contributed by atoms with Gasteiger partial charge < -0.3 is 25.7 Å². The summed E-state index contributed by atoms with van der Waals surface area (Å²) in [5.41, 5.74) is 7.49. The van der Waals surface area contributed by atoms with E-state index in [1.807, 2.05) is 4.90 Å². The van der Waals surface area contributed by atoms with Crippen LogP contribution in [0.25, 0.3) is 21.9 Å². The van der Waals surface area contributed by atoms with Crippen molar-refractivity contribution in [2.24, 2.45) is 5.73 Å². The zero-order valence-electron chi connectivity index (χ0n) is 18.1. The number of anilines is 1. The highest BCUT2D eigenvalue weighted by Crippen LogP contribution is 2.41. The Hall–Kier alpha value is -4.02. The van der Waals surface area contributed by atoms with Crippen LogP contribution in [0.5, 0.6) is 5.88 Å². The van der Waals surface area contributed by atoms with Gasteiger partial charge in [0.25, 0.3) is 0 Å². The standard InChI is InChI=1S/C23H21F3N6O2/c1-34-22-21(30-17-8-14(25)15(26)9-18(17)31-22)19-7-12(29-23(27)33)4-5-32(19)20-10-28-16-6-11(24)2-3-13(16)20/h2-3,6,8-10,12,19,28H,4-5,7H2,1H3,(H3,27,29,33). The number of nitrogens with one attached hydrogen (secondary N) is 2. The fraction of sp³-hybridized carbons (Fsp3) is 0.261. The van der Waals surface area contributed by atoms with Crippen molar-refractivity contribution in [1.82, 2.24) is 20.3 Å². The number of urea groups is 1. The van der Waals surface area contributed by atoms with Crippen molar-refractivity contribution in [2.45, 2.75) is 24.9 Å². The number of piperidine rings is 1. The lowest BCUT2D eigenvalue weighted by Crippen LogP contribution is -2.48. The third-order valence-corrected chi connectivity index (χ3v) is 6.09. The molecule has 1 fully saturated rings. The van der Waals surface area contributed by atoms with E-state index in [9.17, 15) is 18.0 Å². The van der Waals surface area contributed by atoms with Crippen molar-refractivity contribution in [3.05, 3.63) is 59.7 Å². The van der Waals surface area contributed by atoms with Crippen molar-refractivity contribution in [3.8, 4) is 5.88 Å². The molecule has 1 aliphatic rings. The van der Waals surface area contributed by atoms with E-state index in [1.54, 1.807) is 12.3 Å². The number of ether oxygens (including phenoxy) is 1. The molecule has 2 atom stereocenters. The Morgan fingerprint density at radius 2 is 1.91 bits per heavy atom. The Labute approximate surface area is 191 Å². The second-order valence-electron chi connectivity index (χ2n) is 8.18. The lowest BCUT2D eigenvalue weighted by molar-refractivity contribution is 0.240. The molecule has 0 aliphatic carbocycles. The highest BCUT2D eigenvalue weighted by atomic mass is 19.2. The predicted octanol–water partition coefficient (Wildman–Crippen LogP) is 3.92. The molecule has 0 bridgehead atoms. The van der Waals surface area contributed by atoms with Crippen LogP contribution in [0.1, 0.15) is 24.6 Å². The van der Waals surface area contributed by atoms with Gasteiger partial charge in [-0.05, 0) is 31.0 Å². The fourth-order valence-corrected chi connectivity index (χ4v) is 4.58. The number of rotatable bonds is 4. The number of amides is 2. The topological polar surface area (TPSA) is 109 Å². The molecule has 11 heteroatoms. The Morgan fingerprint density at radius 3 is 2.62 bits per heavy atom. The molecule has 176 valence electrons. The Kier molecular flexibility index (Phi) is 5.39. The van der Waals surface area contributed by atoms with Crippen LogP contribution >= 0.6 is 0 Å². The van der Waals surface area contributed by atoms with Crippen molar-refractivity contribution in [1.29, 1.82) is 0 Å². The van der Waals surface area contributed by atoms with Crippen LogP contribution < -0.4 is 20.7 Å². The van der Waals surface area contributed by atoms with Gasteiger partial charge in [-0.3, -0.25) is 0 Å². The Bertz CT molecular complexity index is 1410. The van der Waals surface area contributed by atoms with Crippen LogP contribution in [-0.4, -0.2) is 40.7 Å². The van der Waals surface area contributed by atoms with Gasteiger partial charge in [0.05, 0.1) is 35.4 Å². The zero-order valence-corrected chi connectivity index (χ0v) is 18.1. The molecular formula is C23H21F3N6O2. The van der Waals surface area contributed by atoms with Crippen LogP contribution in [0, 0.1) is 17.5 Å². The van der Waals surface area contributed by atoms with Gasteiger partial charge in [0.2, 0.25) is 5.88 Å². The molecule has 5 rings (SSSR count). The summed E-state index contributed by atoms with van der Waals surface area (Å²) in [6, 6.07) is 5.06. The number of halogens is 3. The average Bonchev–Trinajstić information content (AvgIpc) is 3.21. The SMILES string of the molecule is COc1nc2cc(F)c(F)cc2nc1C1CC(NC(N)=O)CCN1c1c[nH]c2cc(F)ccc12. The van der Waals surface area contributed by atoms with Gasteiger partial charge in [-0.15, -0.1) is 0 Å². The van der Waals surface area contributed by atoms with Crippen LogP contribution in [0.3, 0.4) is 0 Å². The number of hydrogen-bond donors (Lipinski definition) is 3. The summed E-state index contributed by atoms with van der Waals surface area (Å²) >= 11 is 0. The smallest absolute Gasteiger partial charge is 0.312 e. The van der Waals surface area contributed by atoms with E-state index in [0.29, 0.717) is 30.6 Å². The van der Waals surface area contributed by atoms with E-state index in [1.165, 1.54) is 19.2 Å². The summed E-state index contributed by atoms with van der Waals surface area (Å²) in [7, 11) is 1.42. The molecule has 0 saturated carbocycles. The highest BCUT2D eigenvalue weighted by Gasteiger charge is 2.35. The molecule has 8 nitrogen and oxygen atoms in total. The first kappa shape index (κ1) is 21.8. The van der Waals surface area contributed by atoms with E-state index < -0.39 is 23.7 Å². The molecular weight excluding hydrogens is 449 g/mol. The van der Waals surface area contributed by atoms with Crippen molar-refractivity contribution < 1.29 is 22.7 Å². The number of primary amides is 1. The van der Waals surface area contributed by atoms with Crippen LogP contribution in [0.2, 0.25) is 0 Å². The lowest BCUT2D eigenvalue weighted by atomic mass is 9.93. The van der Waals surface area contributed by atoms with Gasteiger partial charge in [-0.1, -0.05) is 0 Å². The minimum atomic E-state index is -1.04. The summed E-state index contributed by atoms with van der Waals surface area (Å²) in [4.78, 5) is 25.6. The number of hydrogen-bond acceptors (Lipinski definition) is 5. The third-order valence-electron chi connectivity index (χ3n) is 6.09. The summed E-state index contributed by atoms with van der Waals surface area (Å²) in [6.45, 7) is 0.501. The van der Waals surface area contributed by atoms with Crippen molar-refractivity contribution in [3.63, 3.8) is 0 Å². The molecule has 4 N–H and O–H groups in total. The number of H-pyrrole nitrogens is 1. The number of carbonyl (C=O) groups excluding carboxylic acids is 1. The first-order valence-corrected chi connectivity index (χ1v) is 10.6. The second-order valence-corrected chi connectivity index (χ2v) is 8.18. The summed E-state index contributed by atoms with van der Waals surface area (Å²) in [6.07, 6.45) is 2.77. The minimum Gasteiger partial charge on any atom is -0.480 e. The maximum absolute atomic E-state index is 13.9. The Balaban J connectivity index is 1.65. The summed E-state index contributed by atoms with van der Waals surface area (Å²) in [5, 5.41) is 3.54. The number of carbonyl (C=O) groups is 1. The van der Waals surface area contributed by atoms with Gasteiger partial charge in [0.1, 0.15) is 11.5 Å². The zero-order chi connectivity index (χ0) is 24.0. The first-order valence-electron chi connectivity index (χ1n) is 10.6. The number of benzene rings is 2. The van der Waals surface area contributed by atoms with Crippen molar-refractivity contribution in [2.75, 3.05) is 18.6 Å². The fourth-order valence-electron chi connectivity index (χ4n) is 4.58. The first-order chi connectivity index (χ1) is 16.3. The van der Waals surface area contributed by atoms with E-state index in [4.69, 9.17) is 10.5 Å². The lowest BCUT2D eigenvalue weighted by Gasteiger charge is -2.40. The van der Waals surface area contributed by atoms with Gasteiger partial charge in [0, 0.05) is 36.3 Å². The molecule has 34 heavy (non-hydrogen) atoms. The second kappa shape index (κ2) is 8.40. The molecule has 2 aromatic carbocycles. The Morgan fingerprint density at radius 1 is 1.18 bits per heavy atom. The average molecular weight is 470 g/mol. The molecule has 1 aliphatic heterocycles. The number of aromatic amines is 1. The maximum atomic E-state index is 13.9. The van der Waals surface area contributed by atoms with Gasteiger partial charge >= 0.3 is 6.03 Å². The quantitative estimate of drug-likeness (QED) is 0.419. The number of nitrogens with zero attached hydrogens (tertiary/aromatic N) is 3. The van der Waals surface area contributed by atoms with Gasteiger partial charge in [-0.2, -0.15) is 0 Å². The van der Waals surface area contributed by atoms with Crippen LogP contribution in [-0.2, 0) is 0 Å². The normalized spacial score (nSPS) is 18.4. The molecule has 4 aromatic rings. The number of fused-ring (bicyclic) bond motifs is 2. The number of nitrogens with two attached hydrogens (primary N) is 1. The molecule has 1 saturated heterocycles. The third kappa shape index (κ3) is 3.82. The van der Waals surface area contributed by atoms with E-state index >= 15 is 0 Å². The minimum absolute atomic E-state index is 0.149. The molecule has 2 unspecified atom stereocenters. The molecule has 0 radical (unpaired) electrons. The van der Waals surface area contributed by atoms with Gasteiger partial charge in [0.15, 0.2) is 11.6 Å². The van der Waals surface area contributed by atoms with Crippen LogP contribution in [0.4, 0.5) is 23.7 Å². The predicted molar refractivity (Wildman–Crippen MR) is 120 cm³/mol. The number of methoxy groups -OCH3 is 1. The number of aromatic nitrogens is 3. The molecule has 2 aromatic heterocycles. The largest absolute Gasteiger partial charge is 0.480 e. The summed E-state index contributed by atoms with van der Waals surface area (Å²) < 4.78 is 46.9. The molecule has 2 amide bonds. The molecule has 3 heterocycles. The van der Waals surface area contributed by atoms with Crippen molar-refractivity contribution >= 4 is 33.7 Å².